The summed E-state index contributed by atoms with van der Waals surface area (Å²) in [6.07, 6.45) is 0.459. The Balaban J connectivity index is 1.81. The van der Waals surface area contributed by atoms with Crippen LogP contribution in [0.25, 0.3) is 0 Å². The Morgan fingerprint density at radius 1 is 1.08 bits per heavy atom. The molecule has 1 unspecified atom stereocenters. The van der Waals surface area contributed by atoms with Gasteiger partial charge in [-0.15, -0.1) is 0 Å². The summed E-state index contributed by atoms with van der Waals surface area (Å²) in [4.78, 5) is 14.3. The van der Waals surface area contributed by atoms with Gasteiger partial charge in [0.25, 0.3) is 0 Å². The number of carbonyl (C=O) groups excluding carboxylic acids is 1. The third-order valence-electron chi connectivity index (χ3n) is 4.30. The van der Waals surface area contributed by atoms with Crippen LogP contribution in [0.1, 0.15) is 30.5 Å². The van der Waals surface area contributed by atoms with Gasteiger partial charge in [-0.25, -0.2) is 0 Å². The molecule has 0 aromatic heterocycles. The first-order chi connectivity index (χ1) is 12.5. The van der Waals surface area contributed by atoms with Crippen molar-refractivity contribution in [3.8, 4) is 11.5 Å². The maximum absolute atomic E-state index is 12.2. The van der Waals surface area contributed by atoms with Crippen molar-refractivity contribution in [2.24, 2.45) is 0 Å². The summed E-state index contributed by atoms with van der Waals surface area (Å²) in [5.74, 6) is 1.49. The van der Waals surface area contributed by atoms with E-state index >= 15 is 0 Å². The fourth-order valence-electron chi connectivity index (χ4n) is 2.80. The lowest BCUT2D eigenvalue weighted by molar-refractivity contribution is -0.122. The van der Waals surface area contributed by atoms with Gasteiger partial charge < -0.3 is 19.7 Å². The minimum absolute atomic E-state index is 0.0138. The Hall–Kier alpha value is -2.53. The lowest BCUT2D eigenvalue weighted by Gasteiger charge is -2.19. The molecule has 0 radical (unpaired) electrons. The number of nitrogens with zero attached hydrogens (tertiary/aromatic N) is 1. The molecule has 0 saturated carbocycles. The van der Waals surface area contributed by atoms with E-state index in [1.807, 2.05) is 62.5 Å². The van der Waals surface area contributed by atoms with E-state index in [0.29, 0.717) is 24.5 Å². The van der Waals surface area contributed by atoms with E-state index < -0.39 is 0 Å². The molecule has 0 fully saturated rings. The number of rotatable bonds is 9. The topological polar surface area (TPSA) is 50.8 Å². The number of ether oxygens (including phenoxy) is 2. The van der Waals surface area contributed by atoms with Crippen molar-refractivity contribution in [3.05, 3.63) is 59.7 Å². The second kappa shape index (κ2) is 9.82. The van der Waals surface area contributed by atoms with Crippen molar-refractivity contribution < 1.29 is 14.3 Å². The van der Waals surface area contributed by atoms with Crippen LogP contribution in [0.5, 0.6) is 11.5 Å². The highest BCUT2D eigenvalue weighted by molar-refractivity contribution is 5.76. The molecule has 5 nitrogen and oxygen atoms in total. The van der Waals surface area contributed by atoms with Gasteiger partial charge in [0, 0.05) is 19.5 Å². The Bertz CT molecular complexity index is 704. The van der Waals surface area contributed by atoms with Crippen molar-refractivity contribution in [3.63, 3.8) is 0 Å². The number of carbonyl (C=O) groups is 1. The quantitative estimate of drug-likeness (QED) is 0.748. The lowest BCUT2D eigenvalue weighted by Crippen LogP contribution is -2.30. The second-order valence-electron chi connectivity index (χ2n) is 6.38. The van der Waals surface area contributed by atoms with E-state index in [4.69, 9.17) is 9.47 Å². The first-order valence-electron chi connectivity index (χ1n) is 8.77. The van der Waals surface area contributed by atoms with E-state index in [9.17, 15) is 4.79 Å². The van der Waals surface area contributed by atoms with Gasteiger partial charge in [-0.3, -0.25) is 4.79 Å². The number of methoxy groups -OCH3 is 2. The van der Waals surface area contributed by atoms with Crippen LogP contribution in [0.2, 0.25) is 0 Å². The first kappa shape index (κ1) is 19.8. The molecule has 1 amide bonds. The van der Waals surface area contributed by atoms with E-state index in [0.717, 1.165) is 17.7 Å². The first-order valence-corrected chi connectivity index (χ1v) is 8.77. The standard InChI is InChI=1S/C21H28N2O3/c1-16(18-8-6-5-7-9-18)22-21(24)12-13-23(2)15-17-10-11-19(25-3)20(14-17)26-4/h5-11,14,16H,12-13,15H2,1-4H3,(H,22,24). The SMILES string of the molecule is COc1ccc(CN(C)CCC(=O)NC(C)c2ccccc2)cc1OC. The maximum atomic E-state index is 12.2. The molecule has 5 heteroatoms. The summed E-state index contributed by atoms with van der Waals surface area (Å²) in [7, 11) is 5.26. The van der Waals surface area contributed by atoms with Gasteiger partial charge in [0.15, 0.2) is 11.5 Å². The van der Waals surface area contributed by atoms with Crippen LogP contribution < -0.4 is 14.8 Å². The predicted octanol–water partition coefficient (Wildman–Crippen LogP) is 3.40. The maximum Gasteiger partial charge on any atom is 0.221 e. The third-order valence-corrected chi connectivity index (χ3v) is 4.30. The molecule has 2 aromatic carbocycles. The van der Waals surface area contributed by atoms with Crippen LogP contribution in [0, 0.1) is 0 Å². The van der Waals surface area contributed by atoms with Gasteiger partial charge in [0.1, 0.15) is 0 Å². The molecule has 0 bridgehead atoms. The van der Waals surface area contributed by atoms with Crippen LogP contribution in [0.3, 0.4) is 0 Å². The zero-order valence-corrected chi connectivity index (χ0v) is 16.0. The monoisotopic (exact) mass is 356 g/mol. The Morgan fingerprint density at radius 2 is 1.77 bits per heavy atom. The highest BCUT2D eigenvalue weighted by Gasteiger charge is 2.11. The molecular weight excluding hydrogens is 328 g/mol. The fourth-order valence-corrected chi connectivity index (χ4v) is 2.80. The predicted molar refractivity (Wildman–Crippen MR) is 103 cm³/mol. The van der Waals surface area contributed by atoms with Crippen LogP contribution in [0.15, 0.2) is 48.5 Å². The van der Waals surface area contributed by atoms with Crippen LogP contribution in [-0.2, 0) is 11.3 Å². The molecule has 0 aliphatic carbocycles. The number of benzene rings is 2. The molecule has 2 aromatic rings. The Morgan fingerprint density at radius 3 is 2.42 bits per heavy atom. The van der Waals surface area contributed by atoms with Gasteiger partial charge in [0.2, 0.25) is 5.91 Å². The lowest BCUT2D eigenvalue weighted by atomic mass is 10.1. The smallest absolute Gasteiger partial charge is 0.221 e. The summed E-state index contributed by atoms with van der Waals surface area (Å²) in [6.45, 7) is 3.42. The largest absolute Gasteiger partial charge is 0.493 e. The van der Waals surface area contributed by atoms with E-state index in [2.05, 4.69) is 10.2 Å². The van der Waals surface area contributed by atoms with Crippen molar-refractivity contribution in [1.29, 1.82) is 0 Å². The van der Waals surface area contributed by atoms with Gasteiger partial charge in [-0.05, 0) is 37.2 Å². The van der Waals surface area contributed by atoms with Crippen molar-refractivity contribution >= 4 is 5.91 Å². The molecule has 140 valence electrons. The molecule has 0 saturated heterocycles. The van der Waals surface area contributed by atoms with Crippen LogP contribution in [0.4, 0.5) is 0 Å². The number of amides is 1. The van der Waals surface area contributed by atoms with Crippen molar-refractivity contribution in [2.75, 3.05) is 27.8 Å². The number of nitrogens with one attached hydrogen (secondary N) is 1. The number of hydrogen-bond donors (Lipinski definition) is 1. The van der Waals surface area contributed by atoms with Gasteiger partial charge in [-0.2, -0.15) is 0 Å². The van der Waals surface area contributed by atoms with E-state index in [1.165, 1.54) is 0 Å². The van der Waals surface area contributed by atoms with Crippen LogP contribution >= 0.6 is 0 Å². The molecular formula is C21H28N2O3. The third kappa shape index (κ3) is 5.77. The summed E-state index contributed by atoms with van der Waals surface area (Å²) >= 11 is 0. The van der Waals surface area contributed by atoms with Gasteiger partial charge in [-0.1, -0.05) is 36.4 Å². The second-order valence-corrected chi connectivity index (χ2v) is 6.38. The summed E-state index contributed by atoms with van der Waals surface area (Å²) in [5, 5.41) is 3.05. The molecule has 0 aliphatic heterocycles. The summed E-state index contributed by atoms with van der Waals surface area (Å²) in [5.41, 5.74) is 2.22. The average Bonchev–Trinajstić information content (AvgIpc) is 2.67. The molecule has 0 heterocycles. The zero-order chi connectivity index (χ0) is 18.9. The molecule has 2 rings (SSSR count). The molecule has 26 heavy (non-hydrogen) atoms. The zero-order valence-electron chi connectivity index (χ0n) is 16.0. The summed E-state index contributed by atoms with van der Waals surface area (Å²) in [6, 6.07) is 15.9. The van der Waals surface area contributed by atoms with E-state index in [-0.39, 0.29) is 11.9 Å². The van der Waals surface area contributed by atoms with Gasteiger partial charge >= 0.3 is 0 Å². The Labute approximate surface area is 155 Å². The van der Waals surface area contributed by atoms with Crippen molar-refractivity contribution in [1.82, 2.24) is 10.2 Å². The van der Waals surface area contributed by atoms with E-state index in [1.54, 1.807) is 14.2 Å². The average molecular weight is 356 g/mol. The van der Waals surface area contributed by atoms with Crippen LogP contribution in [-0.4, -0.2) is 38.6 Å². The molecule has 1 N–H and O–H groups in total. The molecule has 0 aliphatic rings. The molecule has 0 spiro atoms. The Kier molecular flexibility index (Phi) is 7.48. The minimum Gasteiger partial charge on any atom is -0.493 e. The normalized spacial score (nSPS) is 11.9. The minimum atomic E-state index is 0.0138. The highest BCUT2D eigenvalue weighted by Crippen LogP contribution is 2.27. The summed E-state index contributed by atoms with van der Waals surface area (Å²) < 4.78 is 10.6. The van der Waals surface area contributed by atoms with Crippen molar-refractivity contribution in [2.45, 2.75) is 25.9 Å². The number of hydrogen-bond acceptors (Lipinski definition) is 4. The molecule has 1 atom stereocenters. The fraction of sp³-hybridized carbons (Fsp3) is 0.381. The highest BCUT2D eigenvalue weighted by atomic mass is 16.5. The van der Waals surface area contributed by atoms with Gasteiger partial charge in [0.05, 0.1) is 20.3 Å².